The molecule has 0 heterocycles. The maximum atomic E-state index is 13.2. The fraction of sp³-hybridized carbons (Fsp3) is 0.333. The Morgan fingerprint density at radius 2 is 1.62 bits per heavy atom. The van der Waals surface area contributed by atoms with E-state index in [-0.39, 0.29) is 11.9 Å². The standard InChI is InChI=1S/C18H21BrFN/c1-12(2)15-6-4-14(5-7-15)11-21-13(3)16-8-9-18(20)17(19)10-16/h4-10,12-13,21H,11H2,1-3H3. The molecule has 2 aromatic carbocycles. The summed E-state index contributed by atoms with van der Waals surface area (Å²) < 4.78 is 13.8. The van der Waals surface area contributed by atoms with Crippen molar-refractivity contribution in [3.8, 4) is 0 Å². The van der Waals surface area contributed by atoms with Gasteiger partial charge in [0.05, 0.1) is 4.47 Å². The predicted molar refractivity (Wildman–Crippen MR) is 89.9 cm³/mol. The number of hydrogen-bond acceptors (Lipinski definition) is 1. The van der Waals surface area contributed by atoms with Crippen LogP contribution >= 0.6 is 15.9 Å². The summed E-state index contributed by atoms with van der Waals surface area (Å²) >= 11 is 3.23. The summed E-state index contributed by atoms with van der Waals surface area (Å²) in [4.78, 5) is 0. The van der Waals surface area contributed by atoms with Crippen LogP contribution in [0, 0.1) is 5.82 Å². The Kier molecular flexibility index (Phi) is 5.54. The van der Waals surface area contributed by atoms with E-state index in [1.807, 2.05) is 12.1 Å². The molecule has 0 radical (unpaired) electrons. The maximum absolute atomic E-state index is 13.2. The Balaban J connectivity index is 1.97. The van der Waals surface area contributed by atoms with Crippen LogP contribution in [0.5, 0.6) is 0 Å². The van der Waals surface area contributed by atoms with Gasteiger partial charge in [0.1, 0.15) is 5.82 Å². The first-order valence-electron chi connectivity index (χ1n) is 7.24. The van der Waals surface area contributed by atoms with Gasteiger partial charge in [-0.1, -0.05) is 44.2 Å². The van der Waals surface area contributed by atoms with Gasteiger partial charge in [-0.2, -0.15) is 0 Å². The highest BCUT2D eigenvalue weighted by Crippen LogP contribution is 2.21. The van der Waals surface area contributed by atoms with Gasteiger partial charge in [-0.3, -0.25) is 0 Å². The minimum atomic E-state index is -0.227. The molecule has 0 saturated heterocycles. The van der Waals surface area contributed by atoms with Gasteiger partial charge in [0, 0.05) is 12.6 Å². The van der Waals surface area contributed by atoms with Crippen LogP contribution in [0.4, 0.5) is 4.39 Å². The largest absolute Gasteiger partial charge is 0.306 e. The third-order valence-electron chi connectivity index (χ3n) is 3.70. The van der Waals surface area contributed by atoms with Crippen LogP contribution < -0.4 is 5.32 Å². The fourth-order valence-electron chi connectivity index (χ4n) is 2.19. The zero-order valence-corrected chi connectivity index (χ0v) is 14.2. The van der Waals surface area contributed by atoms with E-state index in [1.165, 1.54) is 17.2 Å². The molecule has 3 heteroatoms. The number of halogens is 2. The van der Waals surface area contributed by atoms with Crippen molar-refractivity contribution in [3.63, 3.8) is 0 Å². The summed E-state index contributed by atoms with van der Waals surface area (Å²) in [5.74, 6) is 0.331. The van der Waals surface area contributed by atoms with Crippen LogP contribution in [0.15, 0.2) is 46.9 Å². The lowest BCUT2D eigenvalue weighted by molar-refractivity contribution is 0.569. The summed E-state index contributed by atoms with van der Waals surface area (Å²) in [7, 11) is 0. The Morgan fingerprint density at radius 3 is 2.19 bits per heavy atom. The van der Waals surface area contributed by atoms with Gasteiger partial charge < -0.3 is 5.32 Å². The first-order valence-corrected chi connectivity index (χ1v) is 8.04. The molecule has 0 aliphatic carbocycles. The normalized spacial score (nSPS) is 12.7. The minimum Gasteiger partial charge on any atom is -0.306 e. The van der Waals surface area contributed by atoms with Gasteiger partial charge >= 0.3 is 0 Å². The molecule has 1 N–H and O–H groups in total. The first kappa shape index (κ1) is 16.2. The number of rotatable bonds is 5. The molecular formula is C18H21BrFN. The Bertz CT molecular complexity index is 593. The van der Waals surface area contributed by atoms with Crippen molar-refractivity contribution in [2.24, 2.45) is 0 Å². The lowest BCUT2D eigenvalue weighted by Gasteiger charge is -2.15. The average molecular weight is 350 g/mol. The third kappa shape index (κ3) is 4.39. The summed E-state index contributed by atoms with van der Waals surface area (Å²) in [6, 6.07) is 14.0. The smallest absolute Gasteiger partial charge is 0.137 e. The van der Waals surface area contributed by atoms with Gasteiger partial charge in [-0.05, 0) is 57.6 Å². The van der Waals surface area contributed by atoms with Crippen LogP contribution in [0.2, 0.25) is 0 Å². The monoisotopic (exact) mass is 349 g/mol. The highest BCUT2D eigenvalue weighted by Gasteiger charge is 2.08. The summed E-state index contributed by atoms with van der Waals surface area (Å²) in [6.07, 6.45) is 0. The quantitative estimate of drug-likeness (QED) is 0.744. The molecule has 0 fully saturated rings. The van der Waals surface area contributed by atoms with Crippen molar-refractivity contribution in [2.45, 2.75) is 39.3 Å². The molecule has 2 rings (SSSR count). The van der Waals surface area contributed by atoms with Crippen molar-refractivity contribution in [2.75, 3.05) is 0 Å². The van der Waals surface area contributed by atoms with E-state index in [4.69, 9.17) is 0 Å². The predicted octanol–water partition coefficient (Wildman–Crippen LogP) is 5.56. The van der Waals surface area contributed by atoms with E-state index in [0.717, 1.165) is 12.1 Å². The van der Waals surface area contributed by atoms with E-state index in [2.05, 4.69) is 66.3 Å². The first-order chi connectivity index (χ1) is 9.97. The Morgan fingerprint density at radius 1 is 1.00 bits per heavy atom. The molecule has 0 aliphatic heterocycles. The minimum absolute atomic E-state index is 0.173. The molecule has 0 aromatic heterocycles. The van der Waals surface area contributed by atoms with Gasteiger partial charge in [-0.25, -0.2) is 4.39 Å². The van der Waals surface area contributed by atoms with Crippen LogP contribution in [-0.4, -0.2) is 0 Å². The van der Waals surface area contributed by atoms with Crippen molar-refractivity contribution < 1.29 is 4.39 Å². The second kappa shape index (κ2) is 7.19. The summed E-state index contributed by atoms with van der Waals surface area (Å²) in [5, 5.41) is 3.47. The Labute approximate surface area is 134 Å². The van der Waals surface area contributed by atoms with Crippen LogP contribution in [-0.2, 0) is 6.54 Å². The van der Waals surface area contributed by atoms with Crippen molar-refractivity contribution in [1.82, 2.24) is 5.32 Å². The summed E-state index contributed by atoms with van der Waals surface area (Å²) in [5.41, 5.74) is 3.68. The van der Waals surface area contributed by atoms with Gasteiger partial charge in [0.15, 0.2) is 0 Å². The van der Waals surface area contributed by atoms with Crippen LogP contribution in [0.25, 0.3) is 0 Å². The third-order valence-corrected chi connectivity index (χ3v) is 4.31. The molecule has 1 nitrogen and oxygen atoms in total. The topological polar surface area (TPSA) is 12.0 Å². The molecule has 1 atom stereocenters. The number of nitrogens with one attached hydrogen (secondary N) is 1. The molecule has 0 aliphatic rings. The van der Waals surface area contributed by atoms with Gasteiger partial charge in [-0.15, -0.1) is 0 Å². The zero-order valence-electron chi connectivity index (χ0n) is 12.7. The Hall–Kier alpha value is -1.19. The lowest BCUT2D eigenvalue weighted by Crippen LogP contribution is -2.18. The number of benzene rings is 2. The number of hydrogen-bond donors (Lipinski definition) is 1. The molecule has 112 valence electrons. The van der Waals surface area contributed by atoms with Crippen LogP contribution in [0.1, 0.15) is 49.4 Å². The molecule has 0 saturated carbocycles. The van der Waals surface area contributed by atoms with Crippen molar-refractivity contribution in [3.05, 3.63) is 69.4 Å². The van der Waals surface area contributed by atoms with Crippen molar-refractivity contribution in [1.29, 1.82) is 0 Å². The second-order valence-electron chi connectivity index (χ2n) is 5.67. The summed E-state index contributed by atoms with van der Waals surface area (Å²) in [6.45, 7) is 7.28. The molecule has 0 amide bonds. The van der Waals surface area contributed by atoms with Crippen molar-refractivity contribution >= 4 is 15.9 Å². The molecule has 2 aromatic rings. The zero-order chi connectivity index (χ0) is 15.4. The van der Waals surface area contributed by atoms with E-state index < -0.39 is 0 Å². The molecule has 1 unspecified atom stereocenters. The van der Waals surface area contributed by atoms with E-state index in [9.17, 15) is 4.39 Å². The highest BCUT2D eigenvalue weighted by molar-refractivity contribution is 9.10. The highest BCUT2D eigenvalue weighted by atomic mass is 79.9. The maximum Gasteiger partial charge on any atom is 0.137 e. The molecular weight excluding hydrogens is 329 g/mol. The average Bonchev–Trinajstić information content (AvgIpc) is 2.48. The molecule has 21 heavy (non-hydrogen) atoms. The van der Waals surface area contributed by atoms with Gasteiger partial charge in [0.25, 0.3) is 0 Å². The lowest BCUT2D eigenvalue weighted by atomic mass is 10.0. The van der Waals surface area contributed by atoms with Gasteiger partial charge in [0.2, 0.25) is 0 Å². The van der Waals surface area contributed by atoms with E-state index in [0.29, 0.717) is 10.4 Å². The van der Waals surface area contributed by atoms with E-state index >= 15 is 0 Å². The van der Waals surface area contributed by atoms with E-state index in [1.54, 1.807) is 0 Å². The fourth-order valence-corrected chi connectivity index (χ4v) is 2.59. The molecule has 0 spiro atoms. The molecule has 0 bridgehead atoms. The second-order valence-corrected chi connectivity index (χ2v) is 6.53. The SMILES string of the molecule is CC(C)c1ccc(CNC(C)c2ccc(F)c(Br)c2)cc1. The van der Waals surface area contributed by atoms with Crippen LogP contribution in [0.3, 0.4) is 0 Å².